The molecule has 1 aliphatic heterocycles. The molecule has 1 unspecified atom stereocenters. The monoisotopic (exact) mass is 276 g/mol. The summed E-state index contributed by atoms with van der Waals surface area (Å²) >= 11 is 1.83. The third kappa shape index (κ3) is 3.16. The van der Waals surface area contributed by atoms with E-state index in [9.17, 15) is 0 Å². The second-order valence-electron chi connectivity index (χ2n) is 5.15. The molecule has 1 saturated heterocycles. The number of hydrogen-bond acceptors (Lipinski definition) is 4. The minimum Gasteiger partial charge on any atom is -0.369 e. The van der Waals surface area contributed by atoms with Crippen LogP contribution in [0.15, 0.2) is 18.3 Å². The lowest BCUT2D eigenvalue weighted by Crippen LogP contribution is -2.29. The molecule has 3 rings (SSSR count). The van der Waals surface area contributed by atoms with Gasteiger partial charge in [0.15, 0.2) is 5.95 Å². The quantitative estimate of drug-likeness (QED) is 0.807. The summed E-state index contributed by atoms with van der Waals surface area (Å²) in [7, 11) is 0. The van der Waals surface area contributed by atoms with E-state index < -0.39 is 0 Å². The highest BCUT2D eigenvalue weighted by Gasteiger charge is 2.13. The molecule has 19 heavy (non-hydrogen) atoms. The Kier molecular flexibility index (Phi) is 3.84. The summed E-state index contributed by atoms with van der Waals surface area (Å²) < 4.78 is 0. The van der Waals surface area contributed by atoms with E-state index in [1.807, 2.05) is 11.3 Å². The van der Waals surface area contributed by atoms with E-state index in [1.165, 1.54) is 42.0 Å². The smallest absolute Gasteiger partial charge is 0.197 e. The Hall–Kier alpha value is -1.33. The topological polar surface area (TPSA) is 66.7 Å². The molecule has 4 N–H and O–H groups in total. The van der Waals surface area contributed by atoms with Crippen molar-refractivity contribution in [3.8, 4) is 10.6 Å². The van der Waals surface area contributed by atoms with Crippen LogP contribution in [0.3, 0.4) is 0 Å². The lowest BCUT2D eigenvalue weighted by atomic mass is 10.1. The summed E-state index contributed by atoms with van der Waals surface area (Å²) in [4.78, 5) is 9.78. The maximum Gasteiger partial charge on any atom is 0.197 e. The standard InChI is InChI=1S/C14H20N4S/c15-14-17-9-12(18-14)13-6-5-11(19-13)8-10-4-2-1-3-7-16-10/h5-6,9-10,16H,1-4,7-8H2,(H3,15,17,18). The molecule has 5 heteroatoms. The predicted molar refractivity (Wildman–Crippen MR) is 80.3 cm³/mol. The minimum atomic E-state index is 0.482. The number of nitrogens with zero attached hydrogens (tertiary/aromatic N) is 1. The van der Waals surface area contributed by atoms with Gasteiger partial charge in [-0.1, -0.05) is 12.8 Å². The molecular formula is C14H20N4S. The van der Waals surface area contributed by atoms with Crippen molar-refractivity contribution < 1.29 is 0 Å². The van der Waals surface area contributed by atoms with Gasteiger partial charge in [0.05, 0.1) is 16.8 Å². The molecule has 0 aliphatic carbocycles. The van der Waals surface area contributed by atoms with Crippen molar-refractivity contribution in [1.82, 2.24) is 15.3 Å². The van der Waals surface area contributed by atoms with Crippen molar-refractivity contribution in [2.75, 3.05) is 12.3 Å². The third-order valence-electron chi connectivity index (χ3n) is 3.63. The van der Waals surface area contributed by atoms with Crippen molar-refractivity contribution in [1.29, 1.82) is 0 Å². The van der Waals surface area contributed by atoms with Crippen LogP contribution in [0.2, 0.25) is 0 Å². The second kappa shape index (κ2) is 5.75. The molecule has 0 radical (unpaired) electrons. The van der Waals surface area contributed by atoms with Crippen molar-refractivity contribution >= 4 is 17.3 Å². The molecule has 1 aliphatic rings. The first-order chi connectivity index (χ1) is 9.31. The molecule has 1 fully saturated rings. The molecular weight excluding hydrogens is 256 g/mol. The first-order valence-corrected chi connectivity index (χ1v) is 7.76. The number of nitrogens with one attached hydrogen (secondary N) is 2. The molecule has 0 aromatic carbocycles. The van der Waals surface area contributed by atoms with Crippen LogP contribution >= 0.6 is 11.3 Å². The van der Waals surface area contributed by atoms with Crippen LogP contribution in [0.5, 0.6) is 0 Å². The van der Waals surface area contributed by atoms with Crippen molar-refractivity contribution in [2.45, 2.75) is 38.1 Å². The zero-order chi connectivity index (χ0) is 13.1. The minimum absolute atomic E-state index is 0.482. The normalized spacial score (nSPS) is 20.3. The number of nitrogen functional groups attached to an aromatic ring is 1. The van der Waals surface area contributed by atoms with E-state index >= 15 is 0 Å². The maximum atomic E-state index is 5.62. The molecule has 2 aromatic heterocycles. The van der Waals surface area contributed by atoms with Gasteiger partial charge >= 0.3 is 0 Å². The van der Waals surface area contributed by atoms with E-state index in [0.29, 0.717) is 12.0 Å². The van der Waals surface area contributed by atoms with Gasteiger partial charge in [-0.05, 0) is 37.9 Å². The van der Waals surface area contributed by atoms with Gasteiger partial charge in [-0.25, -0.2) is 4.98 Å². The predicted octanol–water partition coefficient (Wildman–Crippen LogP) is 2.80. The molecule has 0 spiro atoms. The zero-order valence-electron chi connectivity index (χ0n) is 11.0. The molecule has 0 bridgehead atoms. The highest BCUT2D eigenvalue weighted by molar-refractivity contribution is 7.15. The number of H-pyrrole nitrogens is 1. The Morgan fingerprint density at radius 1 is 1.32 bits per heavy atom. The highest BCUT2D eigenvalue weighted by atomic mass is 32.1. The number of anilines is 1. The Morgan fingerprint density at radius 2 is 2.26 bits per heavy atom. The summed E-state index contributed by atoms with van der Waals surface area (Å²) in [6.07, 6.45) is 8.27. The number of nitrogens with two attached hydrogens (primary N) is 1. The van der Waals surface area contributed by atoms with Crippen LogP contribution in [-0.4, -0.2) is 22.6 Å². The molecule has 0 amide bonds. The van der Waals surface area contributed by atoms with Gasteiger partial charge in [0, 0.05) is 10.9 Å². The van der Waals surface area contributed by atoms with E-state index in [1.54, 1.807) is 6.20 Å². The number of thiophene rings is 1. The van der Waals surface area contributed by atoms with E-state index in [2.05, 4.69) is 27.4 Å². The summed E-state index contributed by atoms with van der Waals surface area (Å²) in [5, 5.41) is 3.65. The van der Waals surface area contributed by atoms with Gasteiger partial charge in [0.2, 0.25) is 0 Å². The fraction of sp³-hybridized carbons (Fsp3) is 0.500. The molecule has 102 valence electrons. The second-order valence-corrected chi connectivity index (χ2v) is 6.32. The van der Waals surface area contributed by atoms with Gasteiger partial charge in [-0.2, -0.15) is 0 Å². The Bertz CT molecular complexity index is 523. The van der Waals surface area contributed by atoms with E-state index in [0.717, 1.165) is 12.1 Å². The lowest BCUT2D eigenvalue weighted by Gasteiger charge is -2.14. The first-order valence-electron chi connectivity index (χ1n) is 6.94. The zero-order valence-corrected chi connectivity index (χ0v) is 11.8. The van der Waals surface area contributed by atoms with Crippen molar-refractivity contribution in [3.05, 3.63) is 23.2 Å². The maximum absolute atomic E-state index is 5.62. The van der Waals surface area contributed by atoms with Crippen LogP contribution < -0.4 is 11.1 Å². The molecule has 3 heterocycles. The fourth-order valence-corrected chi connectivity index (χ4v) is 3.66. The number of aromatic nitrogens is 2. The van der Waals surface area contributed by atoms with Crippen LogP contribution in [0.4, 0.5) is 5.95 Å². The molecule has 2 aromatic rings. The lowest BCUT2D eigenvalue weighted by molar-refractivity contribution is 0.510. The average Bonchev–Trinajstić information content (AvgIpc) is 2.94. The van der Waals surface area contributed by atoms with Crippen LogP contribution in [0, 0.1) is 0 Å². The molecule has 0 saturated carbocycles. The highest BCUT2D eigenvalue weighted by Crippen LogP contribution is 2.28. The molecule has 4 nitrogen and oxygen atoms in total. The third-order valence-corrected chi connectivity index (χ3v) is 4.77. The average molecular weight is 276 g/mol. The first kappa shape index (κ1) is 12.7. The van der Waals surface area contributed by atoms with E-state index in [4.69, 9.17) is 5.73 Å². The largest absolute Gasteiger partial charge is 0.369 e. The number of imidazole rings is 1. The Morgan fingerprint density at radius 3 is 3.11 bits per heavy atom. The van der Waals surface area contributed by atoms with Gasteiger partial charge in [0.25, 0.3) is 0 Å². The van der Waals surface area contributed by atoms with Crippen molar-refractivity contribution in [2.24, 2.45) is 0 Å². The molecule has 1 atom stereocenters. The number of rotatable bonds is 3. The van der Waals surface area contributed by atoms with Gasteiger partial charge < -0.3 is 16.0 Å². The summed E-state index contributed by atoms with van der Waals surface area (Å²) in [5.41, 5.74) is 6.63. The number of aromatic amines is 1. The summed E-state index contributed by atoms with van der Waals surface area (Å²) in [5.74, 6) is 0.482. The van der Waals surface area contributed by atoms with Crippen LogP contribution in [-0.2, 0) is 6.42 Å². The fourth-order valence-electron chi connectivity index (χ4n) is 2.61. The Balaban J connectivity index is 1.67. The van der Waals surface area contributed by atoms with Crippen LogP contribution in [0.1, 0.15) is 30.6 Å². The van der Waals surface area contributed by atoms with E-state index in [-0.39, 0.29) is 0 Å². The van der Waals surface area contributed by atoms with Crippen molar-refractivity contribution in [3.63, 3.8) is 0 Å². The van der Waals surface area contributed by atoms with Gasteiger partial charge in [0.1, 0.15) is 0 Å². The van der Waals surface area contributed by atoms with Gasteiger partial charge in [-0.3, -0.25) is 0 Å². The van der Waals surface area contributed by atoms with Crippen LogP contribution in [0.25, 0.3) is 10.6 Å². The number of hydrogen-bond donors (Lipinski definition) is 3. The summed E-state index contributed by atoms with van der Waals surface area (Å²) in [6, 6.07) is 5.02. The van der Waals surface area contributed by atoms with Gasteiger partial charge in [-0.15, -0.1) is 11.3 Å². The SMILES string of the molecule is Nc1ncc(-c2ccc(CC3CCCCCN3)s2)[nH]1. The summed E-state index contributed by atoms with van der Waals surface area (Å²) in [6.45, 7) is 1.17. The Labute approximate surface area is 117 Å².